The lowest BCUT2D eigenvalue weighted by Crippen LogP contribution is -2.49. The second-order valence-corrected chi connectivity index (χ2v) is 9.34. The first kappa shape index (κ1) is 27.4. The Kier molecular flexibility index (Phi) is 9.05. The van der Waals surface area contributed by atoms with Gasteiger partial charge in [-0.25, -0.2) is 4.39 Å². The van der Waals surface area contributed by atoms with Crippen LogP contribution in [0.15, 0.2) is 60.7 Å². The van der Waals surface area contributed by atoms with E-state index in [4.69, 9.17) is 0 Å². The van der Waals surface area contributed by atoms with E-state index in [1.807, 2.05) is 0 Å². The van der Waals surface area contributed by atoms with E-state index in [1.54, 1.807) is 56.3 Å². The van der Waals surface area contributed by atoms with Gasteiger partial charge in [0.15, 0.2) is 5.78 Å². The third kappa shape index (κ3) is 6.97. The molecule has 8 nitrogen and oxygen atoms in total. The molecule has 3 rings (SSSR count). The molecular formula is C28H30FN3O5. The van der Waals surface area contributed by atoms with Gasteiger partial charge in [0.1, 0.15) is 11.7 Å². The van der Waals surface area contributed by atoms with Crippen molar-refractivity contribution in [1.82, 2.24) is 16.0 Å². The summed E-state index contributed by atoms with van der Waals surface area (Å²) >= 11 is 0. The Bertz CT molecular complexity index is 1210. The molecule has 1 saturated heterocycles. The number of imide groups is 1. The predicted molar refractivity (Wildman–Crippen MR) is 135 cm³/mol. The van der Waals surface area contributed by atoms with E-state index in [2.05, 4.69) is 16.0 Å². The topological polar surface area (TPSA) is 121 Å². The normalized spacial score (nSPS) is 18.9. The molecule has 1 aliphatic heterocycles. The number of amides is 4. The van der Waals surface area contributed by atoms with Crippen LogP contribution in [-0.4, -0.2) is 35.5 Å². The number of rotatable bonds is 10. The van der Waals surface area contributed by atoms with Crippen LogP contribution < -0.4 is 16.0 Å². The van der Waals surface area contributed by atoms with Gasteiger partial charge in [0, 0.05) is 11.6 Å². The largest absolute Gasteiger partial charge is 0.346 e. The highest BCUT2D eigenvalue weighted by molar-refractivity contribution is 6.16. The number of ketones is 1. The lowest BCUT2D eigenvalue weighted by molar-refractivity contribution is -0.137. The van der Waals surface area contributed by atoms with Crippen LogP contribution >= 0.6 is 0 Å². The summed E-state index contributed by atoms with van der Waals surface area (Å²) in [6, 6.07) is 13.1. The molecule has 3 N–H and O–H groups in total. The first-order valence-electron chi connectivity index (χ1n) is 12.0. The van der Waals surface area contributed by atoms with E-state index < -0.39 is 59.1 Å². The molecule has 0 unspecified atom stereocenters. The molecule has 0 aromatic heterocycles. The minimum Gasteiger partial charge on any atom is -0.346 e. The number of nitrogens with one attached hydrogen (secondary N) is 3. The second kappa shape index (κ2) is 12.2. The molecule has 1 aliphatic rings. The first-order valence-corrected chi connectivity index (χ1v) is 12.0. The molecule has 194 valence electrons. The van der Waals surface area contributed by atoms with E-state index >= 15 is 0 Å². The van der Waals surface area contributed by atoms with Gasteiger partial charge in [0.05, 0.1) is 24.4 Å². The van der Waals surface area contributed by atoms with Gasteiger partial charge in [0.25, 0.3) is 0 Å². The Morgan fingerprint density at radius 2 is 1.62 bits per heavy atom. The molecule has 2 aromatic rings. The minimum absolute atomic E-state index is 0.189. The summed E-state index contributed by atoms with van der Waals surface area (Å²) in [5, 5.41) is 7.61. The average Bonchev–Trinajstić information content (AvgIpc) is 3.12. The van der Waals surface area contributed by atoms with Crippen molar-refractivity contribution in [3.05, 3.63) is 77.6 Å². The summed E-state index contributed by atoms with van der Waals surface area (Å²) in [4.78, 5) is 62.8. The van der Waals surface area contributed by atoms with Crippen molar-refractivity contribution in [2.45, 2.75) is 39.3 Å². The summed E-state index contributed by atoms with van der Waals surface area (Å²) in [5.41, 5.74) is 0.903. The summed E-state index contributed by atoms with van der Waals surface area (Å²) in [5.74, 6) is -5.59. The first-order chi connectivity index (χ1) is 17.6. The van der Waals surface area contributed by atoms with E-state index in [0.717, 1.165) is 0 Å². The molecule has 0 radical (unpaired) electrons. The van der Waals surface area contributed by atoms with E-state index in [1.165, 1.54) is 31.2 Å². The van der Waals surface area contributed by atoms with Crippen LogP contribution in [-0.2, 0) is 24.0 Å². The van der Waals surface area contributed by atoms with Gasteiger partial charge < -0.3 is 10.6 Å². The molecule has 2 aromatic carbocycles. The molecule has 0 bridgehead atoms. The zero-order valence-electron chi connectivity index (χ0n) is 20.9. The molecule has 0 aliphatic carbocycles. The third-order valence-corrected chi connectivity index (χ3v) is 6.27. The number of hydrogen-bond acceptors (Lipinski definition) is 5. The molecule has 4 atom stereocenters. The SMILES string of the molecule is CC(C)[C@@H](NC(=O)C[C@@H](NC(=O)/C=C/c1ccccc1F)c1ccccc1)C(=O)[C@@H]1C(=O)NC(=O)[C@H]1C. The van der Waals surface area contributed by atoms with Gasteiger partial charge in [-0.3, -0.25) is 29.3 Å². The highest BCUT2D eigenvalue weighted by Crippen LogP contribution is 2.24. The second-order valence-electron chi connectivity index (χ2n) is 9.34. The molecular weight excluding hydrogens is 477 g/mol. The number of hydrogen-bond donors (Lipinski definition) is 3. The Hall–Kier alpha value is -4.14. The number of carbonyl (C=O) groups is 5. The lowest BCUT2D eigenvalue weighted by atomic mass is 9.85. The number of carbonyl (C=O) groups excluding carboxylic acids is 5. The summed E-state index contributed by atoms with van der Waals surface area (Å²) in [6.45, 7) is 4.95. The fraction of sp³-hybridized carbons (Fsp3) is 0.321. The molecule has 0 saturated carbocycles. The quantitative estimate of drug-likeness (QED) is 0.259. The maximum atomic E-state index is 13.9. The smallest absolute Gasteiger partial charge is 0.244 e. The molecule has 0 spiro atoms. The van der Waals surface area contributed by atoms with Gasteiger partial charge >= 0.3 is 0 Å². The zero-order valence-corrected chi connectivity index (χ0v) is 20.9. The van der Waals surface area contributed by atoms with Crippen molar-refractivity contribution >= 4 is 35.5 Å². The van der Waals surface area contributed by atoms with E-state index in [9.17, 15) is 28.4 Å². The van der Waals surface area contributed by atoms with Crippen molar-refractivity contribution < 1.29 is 28.4 Å². The number of Topliss-reactive ketones (excluding diaryl/α,β-unsaturated/α-hetero) is 1. The van der Waals surface area contributed by atoms with Gasteiger partial charge in [0.2, 0.25) is 23.6 Å². The molecule has 1 fully saturated rings. The number of benzene rings is 2. The Morgan fingerprint density at radius 1 is 0.973 bits per heavy atom. The fourth-order valence-electron chi connectivity index (χ4n) is 4.18. The zero-order chi connectivity index (χ0) is 27.1. The monoisotopic (exact) mass is 507 g/mol. The van der Waals surface area contributed by atoms with Gasteiger partial charge in [-0.15, -0.1) is 0 Å². The average molecular weight is 508 g/mol. The van der Waals surface area contributed by atoms with Crippen molar-refractivity contribution in [2.24, 2.45) is 17.8 Å². The van der Waals surface area contributed by atoms with Crippen LogP contribution in [0.25, 0.3) is 6.08 Å². The maximum absolute atomic E-state index is 13.9. The molecule has 1 heterocycles. The maximum Gasteiger partial charge on any atom is 0.244 e. The fourth-order valence-corrected chi connectivity index (χ4v) is 4.18. The van der Waals surface area contributed by atoms with Crippen LogP contribution in [0.4, 0.5) is 4.39 Å². The highest BCUT2D eigenvalue weighted by atomic mass is 19.1. The summed E-state index contributed by atoms with van der Waals surface area (Å²) < 4.78 is 13.9. The van der Waals surface area contributed by atoms with Crippen molar-refractivity contribution in [3.63, 3.8) is 0 Å². The van der Waals surface area contributed by atoms with Gasteiger partial charge in [-0.05, 0) is 23.6 Å². The summed E-state index contributed by atoms with van der Waals surface area (Å²) in [6.07, 6.45) is 2.34. The Labute approximate surface area is 214 Å². The highest BCUT2D eigenvalue weighted by Gasteiger charge is 2.46. The van der Waals surface area contributed by atoms with Crippen LogP contribution in [0, 0.1) is 23.6 Å². The molecule has 37 heavy (non-hydrogen) atoms. The minimum atomic E-state index is -1.17. The van der Waals surface area contributed by atoms with Crippen molar-refractivity contribution in [3.8, 4) is 0 Å². The third-order valence-electron chi connectivity index (χ3n) is 6.27. The Morgan fingerprint density at radius 3 is 2.22 bits per heavy atom. The van der Waals surface area contributed by atoms with E-state index in [0.29, 0.717) is 5.56 Å². The molecule has 9 heteroatoms. The van der Waals surface area contributed by atoms with Crippen molar-refractivity contribution in [1.29, 1.82) is 0 Å². The van der Waals surface area contributed by atoms with Crippen LogP contribution in [0.5, 0.6) is 0 Å². The van der Waals surface area contributed by atoms with E-state index in [-0.39, 0.29) is 17.9 Å². The Balaban J connectivity index is 1.73. The lowest BCUT2D eigenvalue weighted by Gasteiger charge is -2.25. The van der Waals surface area contributed by atoms with Gasteiger partial charge in [-0.1, -0.05) is 69.3 Å². The predicted octanol–water partition coefficient (Wildman–Crippen LogP) is 2.71. The molecule has 4 amide bonds. The number of halogens is 1. The van der Waals surface area contributed by atoms with Crippen LogP contribution in [0.1, 0.15) is 44.4 Å². The van der Waals surface area contributed by atoms with Crippen LogP contribution in [0.2, 0.25) is 0 Å². The standard InChI is InChI=1S/C28H30FN3O5/c1-16(2)25(26(35)24-17(3)27(36)32-28(24)37)31-23(34)15-21(19-10-5-4-6-11-19)30-22(33)14-13-18-9-7-8-12-20(18)29/h4-14,16-17,21,24-25H,15H2,1-3H3,(H,30,33)(H,31,34)(H,32,36,37)/b14-13+/t17-,21+,24+,25+/m0/s1. The summed E-state index contributed by atoms with van der Waals surface area (Å²) in [7, 11) is 0. The van der Waals surface area contributed by atoms with Crippen LogP contribution in [0.3, 0.4) is 0 Å². The van der Waals surface area contributed by atoms with Gasteiger partial charge in [-0.2, -0.15) is 0 Å². The van der Waals surface area contributed by atoms with Crippen molar-refractivity contribution in [2.75, 3.05) is 0 Å².